The molecule has 5 nitrogen and oxygen atoms in total. The Morgan fingerprint density at radius 2 is 1.94 bits per heavy atom. The van der Waals surface area contributed by atoms with Crippen LogP contribution in [0.5, 0.6) is 0 Å². The zero-order chi connectivity index (χ0) is 13.3. The number of nitrogen functional groups attached to an aromatic ring is 1. The number of aliphatic hydroxyl groups excluding tert-OH is 1. The van der Waals surface area contributed by atoms with Crippen LogP contribution in [0.25, 0.3) is 0 Å². The van der Waals surface area contributed by atoms with Crippen molar-refractivity contribution in [2.45, 2.75) is 25.1 Å². The second-order valence-corrected chi connectivity index (χ2v) is 4.18. The van der Waals surface area contributed by atoms with Gasteiger partial charge in [0.1, 0.15) is 11.4 Å². The molecule has 1 saturated heterocycles. The smallest absolute Gasteiger partial charge is 0.393 e. The molecule has 2 rings (SSSR count). The normalized spacial score (nSPS) is 18.1. The maximum absolute atomic E-state index is 12.8. The summed E-state index contributed by atoms with van der Waals surface area (Å²) in [4.78, 5) is 8.55. The largest absolute Gasteiger partial charge is 0.421 e. The second kappa shape index (κ2) is 4.60. The number of aromatic nitrogens is 2. The first-order chi connectivity index (χ1) is 8.38. The van der Waals surface area contributed by atoms with Crippen LogP contribution in [0.2, 0.25) is 0 Å². The molecule has 0 amide bonds. The van der Waals surface area contributed by atoms with Crippen molar-refractivity contribution in [3.63, 3.8) is 0 Å². The van der Waals surface area contributed by atoms with Gasteiger partial charge in [-0.15, -0.1) is 0 Å². The summed E-state index contributed by atoms with van der Waals surface area (Å²) < 4.78 is 38.4. The number of halogens is 3. The van der Waals surface area contributed by atoms with Crippen LogP contribution in [-0.2, 0) is 6.18 Å². The molecule has 8 heteroatoms. The molecular formula is C10H13F3N4O. The van der Waals surface area contributed by atoms with Crippen molar-refractivity contribution < 1.29 is 18.3 Å². The molecule has 0 radical (unpaired) electrons. The summed E-state index contributed by atoms with van der Waals surface area (Å²) in [5, 5.41) is 9.35. The fourth-order valence-electron chi connectivity index (χ4n) is 1.90. The molecule has 18 heavy (non-hydrogen) atoms. The highest BCUT2D eigenvalue weighted by molar-refractivity contribution is 5.50. The maximum atomic E-state index is 12.8. The van der Waals surface area contributed by atoms with Crippen LogP contribution in [0.15, 0.2) is 6.20 Å². The lowest BCUT2D eigenvalue weighted by Crippen LogP contribution is -2.37. The van der Waals surface area contributed by atoms with E-state index < -0.39 is 17.8 Å². The molecule has 0 spiro atoms. The quantitative estimate of drug-likeness (QED) is 0.791. The molecule has 0 aromatic carbocycles. The second-order valence-electron chi connectivity index (χ2n) is 4.18. The van der Waals surface area contributed by atoms with Gasteiger partial charge in [-0.2, -0.15) is 18.2 Å². The van der Waals surface area contributed by atoms with E-state index in [4.69, 9.17) is 5.73 Å². The maximum Gasteiger partial charge on any atom is 0.421 e. The van der Waals surface area contributed by atoms with Crippen molar-refractivity contribution in [1.29, 1.82) is 0 Å². The predicted octanol–water partition coefficient (Wildman–Crippen LogP) is 1.04. The lowest BCUT2D eigenvalue weighted by Gasteiger charge is -2.31. The number of anilines is 2. The van der Waals surface area contributed by atoms with Crippen molar-refractivity contribution in [1.82, 2.24) is 9.97 Å². The van der Waals surface area contributed by atoms with Crippen LogP contribution >= 0.6 is 0 Å². The first-order valence-corrected chi connectivity index (χ1v) is 5.50. The molecule has 0 unspecified atom stereocenters. The zero-order valence-corrected chi connectivity index (χ0v) is 9.48. The third kappa shape index (κ3) is 2.63. The number of rotatable bonds is 1. The fraction of sp³-hybridized carbons (Fsp3) is 0.600. The molecule has 2 heterocycles. The summed E-state index contributed by atoms with van der Waals surface area (Å²) in [6.07, 6.45) is -3.45. The van der Waals surface area contributed by atoms with E-state index in [0.717, 1.165) is 0 Å². The highest BCUT2D eigenvalue weighted by Crippen LogP contribution is 2.36. The Morgan fingerprint density at radius 1 is 1.33 bits per heavy atom. The fourth-order valence-corrected chi connectivity index (χ4v) is 1.90. The van der Waals surface area contributed by atoms with Gasteiger partial charge in [0.25, 0.3) is 0 Å². The van der Waals surface area contributed by atoms with Gasteiger partial charge in [-0.25, -0.2) is 4.98 Å². The van der Waals surface area contributed by atoms with Crippen LogP contribution in [0.1, 0.15) is 18.4 Å². The van der Waals surface area contributed by atoms with Crippen molar-refractivity contribution in [2.75, 3.05) is 23.7 Å². The van der Waals surface area contributed by atoms with E-state index in [1.165, 1.54) is 4.90 Å². The summed E-state index contributed by atoms with van der Waals surface area (Å²) in [5.41, 5.74) is 4.44. The van der Waals surface area contributed by atoms with Crippen LogP contribution in [-0.4, -0.2) is 34.3 Å². The van der Waals surface area contributed by atoms with Crippen molar-refractivity contribution >= 4 is 11.8 Å². The summed E-state index contributed by atoms with van der Waals surface area (Å²) >= 11 is 0. The van der Waals surface area contributed by atoms with Crippen molar-refractivity contribution in [3.8, 4) is 0 Å². The Hall–Kier alpha value is -1.57. The number of nitrogens with two attached hydrogens (primary N) is 1. The van der Waals surface area contributed by atoms with E-state index in [-0.39, 0.29) is 11.8 Å². The van der Waals surface area contributed by atoms with Crippen molar-refractivity contribution in [3.05, 3.63) is 11.8 Å². The molecule has 1 aliphatic rings. The lowest BCUT2D eigenvalue weighted by atomic mass is 10.1. The number of piperidine rings is 1. The number of alkyl halides is 3. The third-order valence-electron chi connectivity index (χ3n) is 2.86. The SMILES string of the molecule is Nc1ncc(C(F)(F)F)c(N2CCC(O)CC2)n1. The van der Waals surface area contributed by atoms with Crippen LogP contribution < -0.4 is 10.6 Å². The molecule has 0 atom stereocenters. The van der Waals surface area contributed by atoms with Gasteiger partial charge in [0.15, 0.2) is 0 Å². The highest BCUT2D eigenvalue weighted by atomic mass is 19.4. The Balaban J connectivity index is 2.33. The van der Waals surface area contributed by atoms with E-state index in [0.29, 0.717) is 32.1 Å². The summed E-state index contributed by atoms with van der Waals surface area (Å²) in [6, 6.07) is 0. The molecule has 3 N–H and O–H groups in total. The van der Waals surface area contributed by atoms with E-state index in [1.54, 1.807) is 0 Å². The monoisotopic (exact) mass is 262 g/mol. The summed E-state index contributed by atoms with van der Waals surface area (Å²) in [5.74, 6) is -0.397. The molecular weight excluding hydrogens is 249 g/mol. The minimum Gasteiger partial charge on any atom is -0.393 e. The first-order valence-electron chi connectivity index (χ1n) is 5.50. The Kier molecular flexibility index (Phi) is 3.29. The number of hydrogen-bond acceptors (Lipinski definition) is 5. The van der Waals surface area contributed by atoms with Crippen LogP contribution in [0.4, 0.5) is 24.9 Å². The number of hydrogen-bond donors (Lipinski definition) is 2. The number of aliphatic hydroxyl groups is 1. The van der Waals surface area contributed by atoms with Gasteiger partial charge in [0, 0.05) is 19.3 Å². The van der Waals surface area contributed by atoms with E-state index in [2.05, 4.69) is 9.97 Å². The minimum absolute atomic E-state index is 0.191. The van der Waals surface area contributed by atoms with Gasteiger partial charge in [-0.1, -0.05) is 0 Å². The van der Waals surface area contributed by atoms with Crippen LogP contribution in [0.3, 0.4) is 0 Å². The van der Waals surface area contributed by atoms with Gasteiger partial charge in [0.05, 0.1) is 6.10 Å². The molecule has 0 saturated carbocycles. The summed E-state index contributed by atoms with van der Waals surface area (Å²) in [6.45, 7) is 0.640. The molecule has 1 aromatic rings. The Labute approximate surface area is 101 Å². The Bertz CT molecular complexity index is 430. The molecule has 100 valence electrons. The van der Waals surface area contributed by atoms with Crippen LogP contribution in [0, 0.1) is 0 Å². The average molecular weight is 262 g/mol. The lowest BCUT2D eigenvalue weighted by molar-refractivity contribution is -0.137. The van der Waals surface area contributed by atoms with Gasteiger partial charge in [-0.3, -0.25) is 0 Å². The van der Waals surface area contributed by atoms with Crippen molar-refractivity contribution in [2.24, 2.45) is 0 Å². The third-order valence-corrected chi connectivity index (χ3v) is 2.86. The van der Waals surface area contributed by atoms with Gasteiger partial charge >= 0.3 is 6.18 Å². The Morgan fingerprint density at radius 3 is 2.50 bits per heavy atom. The number of nitrogens with zero attached hydrogens (tertiary/aromatic N) is 3. The molecule has 0 bridgehead atoms. The average Bonchev–Trinajstić information content (AvgIpc) is 2.28. The zero-order valence-electron chi connectivity index (χ0n) is 9.48. The standard InChI is InChI=1S/C10H13F3N4O/c11-10(12,13)7-5-15-9(14)16-8(7)17-3-1-6(18)2-4-17/h5-6,18H,1-4H2,(H2,14,15,16). The molecule has 0 aliphatic carbocycles. The van der Waals surface area contributed by atoms with E-state index in [1.807, 2.05) is 0 Å². The molecule has 1 fully saturated rings. The van der Waals surface area contributed by atoms with Gasteiger partial charge in [0.2, 0.25) is 5.95 Å². The molecule has 1 aromatic heterocycles. The van der Waals surface area contributed by atoms with Gasteiger partial charge < -0.3 is 15.7 Å². The minimum atomic E-state index is -4.51. The topological polar surface area (TPSA) is 75.3 Å². The van der Waals surface area contributed by atoms with E-state index >= 15 is 0 Å². The van der Waals surface area contributed by atoms with Gasteiger partial charge in [-0.05, 0) is 12.8 Å². The molecule has 1 aliphatic heterocycles. The van der Waals surface area contributed by atoms with E-state index in [9.17, 15) is 18.3 Å². The first kappa shape index (κ1) is 12.9. The summed E-state index contributed by atoms with van der Waals surface area (Å²) in [7, 11) is 0. The highest BCUT2D eigenvalue weighted by Gasteiger charge is 2.37. The predicted molar refractivity (Wildman–Crippen MR) is 58.9 cm³/mol.